The zero-order valence-electron chi connectivity index (χ0n) is 18.1. The van der Waals surface area contributed by atoms with Crippen LogP contribution in [0.1, 0.15) is 11.5 Å². The third-order valence-corrected chi connectivity index (χ3v) is 6.64. The Bertz CT molecular complexity index is 1540. The normalized spacial score (nSPS) is 11.9. The van der Waals surface area contributed by atoms with Crippen LogP contribution >= 0.6 is 22.9 Å². The maximum absolute atomic E-state index is 13.4. The second-order valence-corrected chi connectivity index (χ2v) is 8.87. The van der Waals surface area contributed by atoms with E-state index in [1.807, 2.05) is 95.3 Å². The standard InChI is InChI=1S/C25H21ClN4O2S/c1-17-23(24(31)30(28(17)2)20-10-4-3-5-11-20)27-25-29(15-21-12-7-13-32-21)22(16-33-25)18-8-6-9-19(26)14-18/h3-14,16H,15H2,1-2H3. The Labute approximate surface area is 199 Å². The van der Waals surface area contributed by atoms with E-state index >= 15 is 0 Å². The summed E-state index contributed by atoms with van der Waals surface area (Å²) < 4.78 is 11.1. The van der Waals surface area contributed by atoms with Gasteiger partial charge in [-0.3, -0.25) is 9.48 Å². The van der Waals surface area contributed by atoms with E-state index in [1.165, 1.54) is 11.3 Å². The molecule has 0 aliphatic rings. The summed E-state index contributed by atoms with van der Waals surface area (Å²) in [6.45, 7) is 2.39. The molecule has 3 heterocycles. The molecule has 8 heteroatoms. The number of benzene rings is 2. The second-order valence-electron chi connectivity index (χ2n) is 7.60. The van der Waals surface area contributed by atoms with E-state index in [9.17, 15) is 4.79 Å². The number of hydrogen-bond acceptors (Lipinski definition) is 4. The van der Waals surface area contributed by atoms with Gasteiger partial charge in [0, 0.05) is 23.0 Å². The smallest absolute Gasteiger partial charge is 0.297 e. The highest BCUT2D eigenvalue weighted by Crippen LogP contribution is 2.25. The van der Waals surface area contributed by atoms with E-state index in [-0.39, 0.29) is 5.56 Å². The number of halogens is 1. The Morgan fingerprint density at radius 2 is 1.88 bits per heavy atom. The summed E-state index contributed by atoms with van der Waals surface area (Å²) in [4.78, 5) is 18.9. The summed E-state index contributed by atoms with van der Waals surface area (Å²) in [5.74, 6) is 0.796. The number of hydrogen-bond donors (Lipinski definition) is 0. The van der Waals surface area contributed by atoms with Crippen LogP contribution in [0.2, 0.25) is 5.02 Å². The van der Waals surface area contributed by atoms with Gasteiger partial charge < -0.3 is 8.98 Å². The first-order valence-electron chi connectivity index (χ1n) is 10.4. The van der Waals surface area contributed by atoms with E-state index in [4.69, 9.17) is 21.0 Å². The van der Waals surface area contributed by atoms with Gasteiger partial charge in [0.2, 0.25) is 0 Å². The number of furan rings is 1. The molecule has 0 fully saturated rings. The number of aromatic nitrogens is 3. The van der Waals surface area contributed by atoms with Gasteiger partial charge in [0.25, 0.3) is 5.56 Å². The van der Waals surface area contributed by atoms with Crippen LogP contribution in [0.3, 0.4) is 0 Å². The van der Waals surface area contributed by atoms with Gasteiger partial charge in [0.1, 0.15) is 5.76 Å². The van der Waals surface area contributed by atoms with Crippen LogP contribution < -0.4 is 10.4 Å². The zero-order chi connectivity index (χ0) is 22.9. The first-order valence-corrected chi connectivity index (χ1v) is 11.6. The molecule has 0 aliphatic heterocycles. The van der Waals surface area contributed by atoms with Crippen molar-refractivity contribution in [3.63, 3.8) is 0 Å². The highest BCUT2D eigenvalue weighted by atomic mass is 35.5. The lowest BCUT2D eigenvalue weighted by atomic mass is 10.2. The van der Waals surface area contributed by atoms with Crippen molar-refractivity contribution >= 4 is 28.6 Å². The van der Waals surface area contributed by atoms with Crippen LogP contribution in [-0.4, -0.2) is 13.9 Å². The van der Waals surface area contributed by atoms with Crippen LogP contribution in [0.25, 0.3) is 16.9 Å². The Balaban J connectivity index is 1.70. The number of thiazole rings is 1. The van der Waals surface area contributed by atoms with Gasteiger partial charge in [0.15, 0.2) is 10.5 Å². The summed E-state index contributed by atoms with van der Waals surface area (Å²) in [5, 5.41) is 2.69. The molecule has 6 nitrogen and oxygen atoms in total. The molecule has 0 saturated heterocycles. The molecule has 5 aromatic rings. The molecule has 0 spiro atoms. The van der Waals surface area contributed by atoms with Crippen LogP contribution in [0.4, 0.5) is 5.69 Å². The molecule has 0 bridgehead atoms. The van der Waals surface area contributed by atoms with Gasteiger partial charge in [-0.05, 0) is 43.3 Å². The first kappa shape index (κ1) is 21.3. The monoisotopic (exact) mass is 476 g/mol. The summed E-state index contributed by atoms with van der Waals surface area (Å²) in [6.07, 6.45) is 1.65. The fourth-order valence-electron chi connectivity index (χ4n) is 3.79. The molecule has 166 valence electrons. The van der Waals surface area contributed by atoms with E-state index in [1.54, 1.807) is 10.9 Å². The number of rotatable bonds is 5. The first-order chi connectivity index (χ1) is 16.0. The van der Waals surface area contributed by atoms with Crippen molar-refractivity contribution in [2.24, 2.45) is 12.0 Å². The highest BCUT2D eigenvalue weighted by molar-refractivity contribution is 7.07. The van der Waals surface area contributed by atoms with Crippen LogP contribution in [0.5, 0.6) is 0 Å². The number of para-hydroxylation sites is 1. The lowest BCUT2D eigenvalue weighted by molar-refractivity contribution is 0.492. The van der Waals surface area contributed by atoms with Gasteiger partial charge in [-0.2, -0.15) is 0 Å². The van der Waals surface area contributed by atoms with Crippen molar-refractivity contribution in [3.8, 4) is 16.9 Å². The molecule has 2 aromatic carbocycles. The van der Waals surface area contributed by atoms with Gasteiger partial charge in [-0.25, -0.2) is 9.67 Å². The van der Waals surface area contributed by atoms with Gasteiger partial charge >= 0.3 is 0 Å². The zero-order valence-corrected chi connectivity index (χ0v) is 19.7. The highest BCUT2D eigenvalue weighted by Gasteiger charge is 2.17. The molecule has 0 N–H and O–H groups in total. The lowest BCUT2D eigenvalue weighted by Gasteiger charge is -2.08. The van der Waals surface area contributed by atoms with E-state index in [0.717, 1.165) is 28.4 Å². The fraction of sp³-hybridized carbons (Fsp3) is 0.120. The predicted molar refractivity (Wildman–Crippen MR) is 132 cm³/mol. The van der Waals surface area contributed by atoms with Gasteiger partial charge in [-0.1, -0.05) is 41.9 Å². The minimum atomic E-state index is -0.163. The minimum absolute atomic E-state index is 0.163. The van der Waals surface area contributed by atoms with Gasteiger partial charge in [-0.15, -0.1) is 11.3 Å². The molecule has 33 heavy (non-hydrogen) atoms. The quantitative estimate of drug-likeness (QED) is 0.334. The molecule has 3 aromatic heterocycles. The van der Waals surface area contributed by atoms with Crippen molar-refractivity contribution in [2.75, 3.05) is 0 Å². The molecular formula is C25H21ClN4O2S. The predicted octanol–water partition coefficient (Wildman–Crippen LogP) is 5.54. The Hall–Kier alpha value is -3.55. The molecule has 0 atom stereocenters. The van der Waals surface area contributed by atoms with Crippen molar-refractivity contribution in [1.82, 2.24) is 13.9 Å². The molecular weight excluding hydrogens is 456 g/mol. The molecule has 0 aliphatic carbocycles. The third-order valence-electron chi connectivity index (χ3n) is 5.54. The van der Waals surface area contributed by atoms with E-state index < -0.39 is 0 Å². The Morgan fingerprint density at radius 1 is 1.06 bits per heavy atom. The SMILES string of the molecule is Cc1c(N=c2scc(-c3cccc(Cl)c3)n2Cc2ccco2)c(=O)n(-c2ccccc2)n1C. The Kier molecular flexibility index (Phi) is 5.66. The fourth-order valence-corrected chi connectivity index (χ4v) is 4.89. The summed E-state index contributed by atoms with van der Waals surface area (Å²) >= 11 is 7.73. The van der Waals surface area contributed by atoms with Crippen LogP contribution in [0, 0.1) is 6.92 Å². The third kappa shape index (κ3) is 4.01. The average molecular weight is 477 g/mol. The molecule has 0 saturated carbocycles. The molecule has 0 amide bonds. The maximum Gasteiger partial charge on any atom is 0.297 e. The Morgan fingerprint density at radius 3 is 2.61 bits per heavy atom. The van der Waals surface area contributed by atoms with Crippen molar-refractivity contribution < 1.29 is 4.42 Å². The largest absolute Gasteiger partial charge is 0.467 e. The summed E-state index contributed by atoms with van der Waals surface area (Å²) in [6, 6.07) is 21.0. The van der Waals surface area contributed by atoms with E-state index in [2.05, 4.69) is 0 Å². The minimum Gasteiger partial charge on any atom is -0.467 e. The number of nitrogens with zero attached hydrogens (tertiary/aromatic N) is 4. The second kappa shape index (κ2) is 8.77. The van der Waals surface area contributed by atoms with Crippen molar-refractivity contribution in [3.05, 3.63) is 110 Å². The van der Waals surface area contributed by atoms with E-state index in [0.29, 0.717) is 22.1 Å². The molecule has 5 rings (SSSR count). The lowest BCUT2D eigenvalue weighted by Crippen LogP contribution is -2.20. The van der Waals surface area contributed by atoms with Crippen LogP contribution in [-0.2, 0) is 13.6 Å². The van der Waals surface area contributed by atoms with Crippen LogP contribution in [0.15, 0.2) is 92.6 Å². The molecule has 0 unspecified atom stereocenters. The van der Waals surface area contributed by atoms with Gasteiger partial charge in [0.05, 0.1) is 29.9 Å². The van der Waals surface area contributed by atoms with Crippen molar-refractivity contribution in [1.29, 1.82) is 0 Å². The van der Waals surface area contributed by atoms with Crippen molar-refractivity contribution in [2.45, 2.75) is 13.5 Å². The average Bonchev–Trinajstić information content (AvgIpc) is 3.52. The molecule has 0 radical (unpaired) electrons. The topological polar surface area (TPSA) is 57.4 Å². The summed E-state index contributed by atoms with van der Waals surface area (Å²) in [5.41, 5.74) is 3.75. The maximum atomic E-state index is 13.4. The summed E-state index contributed by atoms with van der Waals surface area (Å²) in [7, 11) is 1.87.